The summed E-state index contributed by atoms with van der Waals surface area (Å²) >= 11 is 6.34. The van der Waals surface area contributed by atoms with E-state index in [4.69, 9.17) is 31.5 Å². The third-order valence-electron chi connectivity index (χ3n) is 8.05. The second kappa shape index (κ2) is 14.9. The summed E-state index contributed by atoms with van der Waals surface area (Å²) in [7, 11) is 0. The van der Waals surface area contributed by atoms with E-state index in [0.717, 1.165) is 25.1 Å². The van der Waals surface area contributed by atoms with Gasteiger partial charge in [-0.25, -0.2) is 14.4 Å². The number of carbonyl (C=O) groups excluding carboxylic acids is 2. The Bertz CT molecular complexity index is 1830. The molecule has 15 heteroatoms. The molecule has 2 aromatic carbocycles. The monoisotopic (exact) mass is 662 g/mol. The number of ether oxygens (including phenoxy) is 1. The quantitative estimate of drug-likeness (QED) is 0.248. The van der Waals surface area contributed by atoms with Crippen LogP contribution >= 0.6 is 11.6 Å². The first-order chi connectivity index (χ1) is 22.8. The van der Waals surface area contributed by atoms with Crippen molar-refractivity contribution in [2.24, 2.45) is 5.92 Å². The SMILES string of the molecule is Cc1cc(Nc2nccn3c(-c4ccc(OCC#N)c(F)c4Cl)cnc23)ccc1C(=O)N1CCN(C(=O)[C@@H]2CCNC2)CC1.O=CO. The Morgan fingerprint density at radius 2 is 1.96 bits per heavy atom. The van der Waals surface area contributed by atoms with Crippen LogP contribution in [0.2, 0.25) is 5.02 Å². The number of nitriles is 1. The molecule has 0 spiro atoms. The van der Waals surface area contributed by atoms with Crippen molar-refractivity contribution >= 4 is 47.0 Å². The Labute approximate surface area is 274 Å². The van der Waals surface area contributed by atoms with Gasteiger partial charge in [0, 0.05) is 61.9 Å². The molecule has 47 heavy (non-hydrogen) atoms. The van der Waals surface area contributed by atoms with Crippen molar-refractivity contribution in [3.63, 3.8) is 0 Å². The highest BCUT2D eigenvalue weighted by Crippen LogP contribution is 2.36. The van der Waals surface area contributed by atoms with Crippen LogP contribution in [-0.4, -0.2) is 93.4 Å². The van der Waals surface area contributed by atoms with Gasteiger partial charge >= 0.3 is 0 Å². The molecule has 0 unspecified atom stereocenters. The zero-order valence-electron chi connectivity index (χ0n) is 25.4. The fourth-order valence-corrected chi connectivity index (χ4v) is 5.95. The summed E-state index contributed by atoms with van der Waals surface area (Å²) in [6.07, 6.45) is 5.73. The number of fused-ring (bicyclic) bond motifs is 1. The zero-order valence-corrected chi connectivity index (χ0v) is 26.2. The first-order valence-corrected chi connectivity index (χ1v) is 15.2. The predicted octanol–water partition coefficient (Wildman–Crippen LogP) is 3.74. The van der Waals surface area contributed by atoms with Gasteiger partial charge in [-0.2, -0.15) is 5.26 Å². The number of carboxylic acid groups (broad SMARTS) is 1. The number of piperazine rings is 1. The van der Waals surface area contributed by atoms with Crippen LogP contribution in [0, 0.1) is 30.0 Å². The number of imidazole rings is 1. The Morgan fingerprint density at radius 1 is 1.21 bits per heavy atom. The number of aromatic nitrogens is 3. The van der Waals surface area contributed by atoms with Crippen molar-refractivity contribution in [3.8, 4) is 23.1 Å². The van der Waals surface area contributed by atoms with Crippen molar-refractivity contribution in [2.45, 2.75) is 13.3 Å². The van der Waals surface area contributed by atoms with E-state index < -0.39 is 5.82 Å². The largest absolute Gasteiger partial charge is 0.483 e. The first kappa shape index (κ1) is 33.1. The maximum atomic E-state index is 14.8. The Hall–Kier alpha value is -5.26. The standard InChI is InChI=1S/C31H30ClFN8O3.CH2O2/c1-19-16-21(2-3-22(19)31(43)40-13-11-39(12-14-40)30(42)20-6-8-35-17-20)38-28-29-37-18-24(41(29)10-9-36-28)23-4-5-25(44-15-7-34)27(33)26(23)32;2-1-3/h2-5,9-10,16,18,20,35H,6,8,11-15,17H2,1H3,(H,36,38);1H,(H,2,3)/t20-;/m1./s1. The number of nitrogens with zero attached hydrogens (tertiary/aromatic N) is 6. The molecular formula is C32H32ClFN8O5. The van der Waals surface area contributed by atoms with Gasteiger partial charge in [0.15, 0.2) is 29.6 Å². The number of benzene rings is 2. The van der Waals surface area contributed by atoms with Gasteiger partial charge in [0.25, 0.3) is 12.4 Å². The number of hydrogen-bond donors (Lipinski definition) is 3. The minimum Gasteiger partial charge on any atom is -0.483 e. The number of rotatable bonds is 7. The summed E-state index contributed by atoms with van der Waals surface area (Å²) in [5, 5.41) is 22.0. The van der Waals surface area contributed by atoms with Crippen LogP contribution in [0.4, 0.5) is 15.9 Å². The van der Waals surface area contributed by atoms with Crippen molar-refractivity contribution in [1.29, 1.82) is 5.26 Å². The zero-order chi connectivity index (χ0) is 33.5. The molecule has 1 atom stereocenters. The van der Waals surface area contributed by atoms with Crippen LogP contribution in [0.5, 0.6) is 5.75 Å². The molecule has 2 amide bonds. The molecule has 244 valence electrons. The molecule has 2 aliphatic rings. The smallest absolute Gasteiger partial charge is 0.290 e. The summed E-state index contributed by atoms with van der Waals surface area (Å²) < 4.78 is 21.7. The van der Waals surface area contributed by atoms with Crippen LogP contribution in [0.15, 0.2) is 48.9 Å². The third-order valence-corrected chi connectivity index (χ3v) is 8.42. The number of anilines is 2. The highest BCUT2D eigenvalue weighted by atomic mass is 35.5. The molecule has 0 saturated carbocycles. The first-order valence-electron chi connectivity index (χ1n) is 14.8. The van der Waals surface area contributed by atoms with Gasteiger partial charge in [-0.15, -0.1) is 0 Å². The van der Waals surface area contributed by atoms with E-state index in [2.05, 4.69) is 20.6 Å². The molecule has 0 radical (unpaired) electrons. The lowest BCUT2D eigenvalue weighted by atomic mass is 10.0. The average Bonchev–Trinajstić information content (AvgIpc) is 3.77. The van der Waals surface area contributed by atoms with Gasteiger partial charge in [0.05, 0.1) is 22.8 Å². The summed E-state index contributed by atoms with van der Waals surface area (Å²) in [6, 6.07) is 10.3. The normalized spacial score (nSPS) is 15.8. The second-order valence-electron chi connectivity index (χ2n) is 10.9. The molecule has 2 aromatic heterocycles. The third kappa shape index (κ3) is 7.11. The summed E-state index contributed by atoms with van der Waals surface area (Å²) in [6.45, 7) is 5.02. The summed E-state index contributed by atoms with van der Waals surface area (Å²) in [5.41, 5.74) is 3.55. The molecule has 4 aromatic rings. The minimum atomic E-state index is -0.760. The Balaban J connectivity index is 0.00000139. The maximum absolute atomic E-state index is 14.8. The number of hydrogen-bond acceptors (Lipinski definition) is 9. The van der Waals surface area contributed by atoms with Gasteiger partial charge < -0.3 is 30.3 Å². The number of carbonyl (C=O) groups is 3. The number of halogens is 2. The molecular weight excluding hydrogens is 631 g/mol. The van der Waals surface area contributed by atoms with Gasteiger partial charge in [0.2, 0.25) is 5.91 Å². The maximum Gasteiger partial charge on any atom is 0.290 e. The average molecular weight is 663 g/mol. The van der Waals surface area contributed by atoms with Gasteiger partial charge in [-0.3, -0.25) is 18.8 Å². The molecule has 13 nitrogen and oxygen atoms in total. The van der Waals surface area contributed by atoms with Crippen LogP contribution in [-0.2, 0) is 9.59 Å². The van der Waals surface area contributed by atoms with E-state index in [1.165, 1.54) is 6.07 Å². The van der Waals surface area contributed by atoms with E-state index in [1.807, 2.05) is 24.0 Å². The highest BCUT2D eigenvalue weighted by molar-refractivity contribution is 6.33. The van der Waals surface area contributed by atoms with E-state index in [1.54, 1.807) is 46.1 Å². The molecule has 0 bridgehead atoms. The fourth-order valence-electron chi connectivity index (χ4n) is 5.70. The summed E-state index contributed by atoms with van der Waals surface area (Å²) in [4.78, 5) is 47.1. The van der Waals surface area contributed by atoms with Gasteiger partial charge in [-0.05, 0) is 55.8 Å². The van der Waals surface area contributed by atoms with Crippen molar-refractivity contribution < 1.29 is 28.6 Å². The number of amides is 2. The lowest BCUT2D eigenvalue weighted by molar-refractivity contribution is -0.136. The van der Waals surface area contributed by atoms with E-state index in [-0.39, 0.29) is 41.6 Å². The van der Waals surface area contributed by atoms with Crippen molar-refractivity contribution in [2.75, 3.05) is 51.2 Å². The number of aryl methyl sites for hydroxylation is 1. The lowest BCUT2D eigenvalue weighted by Gasteiger charge is -2.36. The highest BCUT2D eigenvalue weighted by Gasteiger charge is 2.31. The van der Waals surface area contributed by atoms with Crippen LogP contribution in [0.3, 0.4) is 0 Å². The van der Waals surface area contributed by atoms with Gasteiger partial charge in [0.1, 0.15) is 6.07 Å². The molecule has 3 N–H and O–H groups in total. The number of nitrogens with one attached hydrogen (secondary N) is 2. The molecule has 0 aliphatic carbocycles. The molecule has 2 aliphatic heterocycles. The van der Waals surface area contributed by atoms with E-state index in [9.17, 15) is 14.0 Å². The predicted molar refractivity (Wildman–Crippen MR) is 171 cm³/mol. The lowest BCUT2D eigenvalue weighted by Crippen LogP contribution is -2.52. The molecule has 4 heterocycles. The molecule has 2 saturated heterocycles. The Kier molecular flexibility index (Phi) is 10.5. The van der Waals surface area contributed by atoms with Crippen molar-refractivity contribution in [1.82, 2.24) is 29.5 Å². The van der Waals surface area contributed by atoms with Crippen LogP contribution in [0.1, 0.15) is 22.3 Å². The van der Waals surface area contributed by atoms with Crippen LogP contribution < -0.4 is 15.4 Å². The molecule has 2 fully saturated rings. The topological polar surface area (TPSA) is 165 Å². The minimum absolute atomic E-state index is 0.0386. The van der Waals surface area contributed by atoms with Gasteiger partial charge in [-0.1, -0.05) is 11.6 Å². The Morgan fingerprint density at radius 3 is 2.64 bits per heavy atom. The molecule has 6 rings (SSSR count). The summed E-state index contributed by atoms with van der Waals surface area (Å²) in [5.74, 6) is -0.252. The van der Waals surface area contributed by atoms with Crippen molar-refractivity contribution in [3.05, 3.63) is 70.9 Å². The van der Waals surface area contributed by atoms with E-state index >= 15 is 0 Å². The van der Waals surface area contributed by atoms with Crippen LogP contribution in [0.25, 0.3) is 16.9 Å². The second-order valence-corrected chi connectivity index (χ2v) is 11.2. The van der Waals surface area contributed by atoms with E-state index in [0.29, 0.717) is 60.2 Å². The fraction of sp³-hybridized carbons (Fsp3) is 0.312.